The first-order chi connectivity index (χ1) is 40.3. The Morgan fingerprint density at radius 1 is 0.446 bits per heavy atom. The van der Waals surface area contributed by atoms with Crippen LogP contribution in [0.3, 0.4) is 0 Å². The molecule has 11 aromatic carbocycles. The van der Waals surface area contributed by atoms with E-state index < -0.39 is 0 Å². The highest BCUT2D eigenvalue weighted by atomic mass is 32.2. The van der Waals surface area contributed by atoms with Gasteiger partial charge in [0.2, 0.25) is 6.71 Å². The normalized spacial score (nSPS) is 12.8. The lowest BCUT2D eigenvalue weighted by atomic mass is 9.35. The first-order valence-corrected chi connectivity index (χ1v) is 30.1. The summed E-state index contributed by atoms with van der Waals surface area (Å²) in [4.78, 5) is 9.73. The van der Waals surface area contributed by atoms with Crippen LogP contribution in [0.2, 0.25) is 0 Å². The van der Waals surface area contributed by atoms with E-state index in [0.29, 0.717) is 5.56 Å². The Morgan fingerprint density at radius 2 is 1.02 bits per heavy atom. The van der Waals surface area contributed by atoms with Crippen molar-refractivity contribution in [3.05, 3.63) is 253 Å². The highest BCUT2D eigenvalue weighted by molar-refractivity contribution is 8.00. The van der Waals surface area contributed by atoms with Crippen molar-refractivity contribution in [2.75, 3.05) is 14.7 Å². The molecule has 0 aliphatic carbocycles. The molecule has 0 spiro atoms. The first kappa shape index (κ1) is 50.7. The van der Waals surface area contributed by atoms with Crippen molar-refractivity contribution in [2.24, 2.45) is 0 Å². The summed E-state index contributed by atoms with van der Waals surface area (Å²) in [6.45, 7) is 13.9. The minimum atomic E-state index is -0.137. The molecule has 0 radical (unpaired) electrons. The van der Waals surface area contributed by atoms with Crippen molar-refractivity contribution in [3.8, 4) is 17.2 Å². The Hall–Kier alpha value is -9.26. The van der Waals surface area contributed by atoms with Gasteiger partial charge in [-0.15, -0.1) is 11.3 Å². The number of furan rings is 1. The molecule has 5 nitrogen and oxygen atoms in total. The molecule has 8 heteroatoms. The number of nitriles is 1. The van der Waals surface area contributed by atoms with Crippen LogP contribution < -0.4 is 31.1 Å². The largest absolute Gasteiger partial charge is 0.456 e. The summed E-state index contributed by atoms with van der Waals surface area (Å²) in [7, 11) is 0. The standard InChI is InChI=1S/C75H57BN4OS2/c1-74(2,3)50-41-51(75(4,5)6)43-58(42-50)80-63-44-56(79(54-22-14-9-15-23-54)55-29-26-47(46-77)27-30-55)31-33-61(63)76-62-34-32-57(78(52-18-10-7-11-19-52)53-20-12-8-13-21-53)45-69(62)83-70-40-49(39-64(80)73(70)76)48-28-35-65-60(38-48)71-66(81-65)36-37-68-72(71)59-24-16-17-25-67(59)82-68/h7-45H,1-6H3. The fraction of sp³-hybridized carbons (Fsp3) is 0.107. The van der Waals surface area contributed by atoms with E-state index in [9.17, 15) is 5.26 Å². The molecule has 398 valence electrons. The van der Waals surface area contributed by atoms with Crippen molar-refractivity contribution in [1.29, 1.82) is 5.26 Å². The van der Waals surface area contributed by atoms with Crippen LogP contribution in [0, 0.1) is 11.3 Å². The summed E-state index contributed by atoms with van der Waals surface area (Å²) in [6, 6.07) is 88.7. The summed E-state index contributed by atoms with van der Waals surface area (Å²) in [5.74, 6) is 0. The minimum absolute atomic E-state index is 0.102. The van der Waals surface area contributed by atoms with Crippen LogP contribution in [0.25, 0.3) is 53.2 Å². The fourth-order valence-electron chi connectivity index (χ4n) is 12.6. The zero-order valence-corrected chi connectivity index (χ0v) is 48.7. The Balaban J connectivity index is 1.02. The van der Waals surface area contributed by atoms with Crippen molar-refractivity contribution in [2.45, 2.75) is 62.2 Å². The van der Waals surface area contributed by atoms with E-state index in [0.717, 1.165) is 84.3 Å². The quantitative estimate of drug-likeness (QED) is 0.141. The Morgan fingerprint density at radius 3 is 1.66 bits per heavy atom. The third kappa shape index (κ3) is 8.60. The maximum absolute atomic E-state index is 9.94. The SMILES string of the molecule is CC(C)(C)c1cc(N2c3cc(N(c4ccccc4)c4ccc(C#N)cc4)ccc3B3c4ccc(N(c5ccccc5)c5ccccc5)cc4Sc4cc(-c5ccc6oc7ccc8sc9ccccc9c8c7c6c5)cc2c43)cc(C(C)(C)C)c1. The second-order valence-corrected chi connectivity index (χ2v) is 26.2. The van der Waals surface area contributed by atoms with Gasteiger partial charge in [0, 0.05) is 91.9 Å². The average molecular weight is 1110 g/mol. The zero-order valence-electron chi connectivity index (χ0n) is 47.1. The lowest BCUT2D eigenvalue weighted by Gasteiger charge is -2.42. The minimum Gasteiger partial charge on any atom is -0.456 e. The third-order valence-corrected chi connectivity index (χ3v) is 19.0. The van der Waals surface area contributed by atoms with Crippen molar-refractivity contribution >= 4 is 139 Å². The molecule has 0 atom stereocenters. The van der Waals surface area contributed by atoms with Gasteiger partial charge in [0.25, 0.3) is 0 Å². The Labute approximate surface area is 493 Å². The molecular formula is C75H57BN4OS2. The topological polar surface area (TPSA) is 46.6 Å². The molecule has 2 aliphatic heterocycles. The molecule has 0 saturated carbocycles. The van der Waals surface area contributed by atoms with Gasteiger partial charge in [-0.05, 0) is 184 Å². The summed E-state index contributed by atoms with van der Waals surface area (Å²) in [5.41, 5.74) is 20.5. The number of nitrogens with zero attached hydrogens (tertiary/aromatic N) is 4. The fourth-order valence-corrected chi connectivity index (χ4v) is 15.0. The summed E-state index contributed by atoms with van der Waals surface area (Å²) < 4.78 is 9.26. The lowest BCUT2D eigenvalue weighted by molar-refractivity contribution is 0.569. The van der Waals surface area contributed by atoms with Gasteiger partial charge < -0.3 is 19.1 Å². The molecule has 4 heterocycles. The molecule has 83 heavy (non-hydrogen) atoms. The predicted octanol–water partition coefficient (Wildman–Crippen LogP) is 19.8. The van der Waals surface area contributed by atoms with Crippen molar-refractivity contribution in [1.82, 2.24) is 0 Å². The van der Waals surface area contributed by atoms with Crippen molar-refractivity contribution < 1.29 is 4.42 Å². The zero-order chi connectivity index (χ0) is 56.3. The van der Waals surface area contributed by atoms with E-state index in [-0.39, 0.29) is 17.5 Å². The molecule has 15 rings (SSSR count). The highest BCUT2D eigenvalue weighted by Crippen LogP contribution is 2.50. The molecule has 0 fully saturated rings. The number of para-hydroxylation sites is 3. The van der Waals surface area contributed by atoms with Crippen LogP contribution in [0.15, 0.2) is 251 Å². The monoisotopic (exact) mass is 1100 g/mol. The molecule has 0 unspecified atom stereocenters. The van der Waals surface area contributed by atoms with Gasteiger partial charge >= 0.3 is 0 Å². The number of hydrogen-bond donors (Lipinski definition) is 0. The summed E-state index contributed by atoms with van der Waals surface area (Å²) in [5, 5.41) is 14.7. The van der Waals surface area contributed by atoms with E-state index in [2.05, 4.69) is 287 Å². The first-order valence-electron chi connectivity index (χ1n) is 28.5. The summed E-state index contributed by atoms with van der Waals surface area (Å²) in [6.07, 6.45) is 0. The van der Waals surface area contributed by atoms with E-state index in [1.165, 1.54) is 57.5 Å². The van der Waals surface area contributed by atoms with Gasteiger partial charge in [0.1, 0.15) is 11.2 Å². The Kier molecular flexibility index (Phi) is 11.9. The average Bonchev–Trinajstić information content (AvgIpc) is 1.65. The molecular weight excluding hydrogens is 1050 g/mol. The van der Waals surface area contributed by atoms with Crippen LogP contribution in [0.4, 0.5) is 51.2 Å². The van der Waals surface area contributed by atoms with Crippen LogP contribution in [0.1, 0.15) is 58.2 Å². The molecule has 0 amide bonds. The highest BCUT2D eigenvalue weighted by Gasteiger charge is 2.42. The van der Waals surface area contributed by atoms with E-state index >= 15 is 0 Å². The Bertz CT molecular complexity index is 4690. The molecule has 2 aliphatic rings. The van der Waals surface area contributed by atoms with Crippen LogP contribution in [-0.2, 0) is 10.8 Å². The number of thiophene rings is 1. The van der Waals surface area contributed by atoms with Gasteiger partial charge in [-0.25, -0.2) is 0 Å². The molecule has 0 N–H and O–H groups in total. The van der Waals surface area contributed by atoms with Gasteiger partial charge in [0.05, 0.1) is 11.6 Å². The van der Waals surface area contributed by atoms with Crippen LogP contribution in [-0.4, -0.2) is 6.71 Å². The number of fused-ring (bicyclic) bond motifs is 11. The number of benzene rings is 11. The second-order valence-electron chi connectivity index (χ2n) is 24.1. The predicted molar refractivity (Wildman–Crippen MR) is 353 cm³/mol. The molecule has 0 saturated heterocycles. The maximum atomic E-state index is 9.94. The third-order valence-electron chi connectivity index (χ3n) is 16.8. The lowest BCUT2D eigenvalue weighted by Crippen LogP contribution is -2.59. The summed E-state index contributed by atoms with van der Waals surface area (Å²) >= 11 is 3.72. The van der Waals surface area contributed by atoms with E-state index in [1.807, 2.05) is 35.2 Å². The number of rotatable bonds is 8. The molecule has 13 aromatic rings. The second kappa shape index (κ2) is 19.5. The molecule has 0 bridgehead atoms. The van der Waals surface area contributed by atoms with Gasteiger partial charge in [-0.1, -0.05) is 156 Å². The van der Waals surface area contributed by atoms with Gasteiger partial charge in [-0.2, -0.15) is 5.26 Å². The molecule has 2 aromatic heterocycles. The number of anilines is 9. The van der Waals surface area contributed by atoms with Gasteiger partial charge in [-0.3, -0.25) is 0 Å². The van der Waals surface area contributed by atoms with Crippen molar-refractivity contribution in [3.63, 3.8) is 0 Å². The van der Waals surface area contributed by atoms with Crippen LogP contribution >= 0.6 is 23.1 Å². The van der Waals surface area contributed by atoms with Gasteiger partial charge in [0.15, 0.2) is 0 Å². The maximum Gasteiger partial charge on any atom is 0.249 e. The van der Waals surface area contributed by atoms with E-state index in [4.69, 9.17) is 4.42 Å². The van der Waals surface area contributed by atoms with Crippen LogP contribution in [0.5, 0.6) is 0 Å². The van der Waals surface area contributed by atoms with E-state index in [1.54, 1.807) is 0 Å². The smallest absolute Gasteiger partial charge is 0.249 e. The number of hydrogen-bond acceptors (Lipinski definition) is 7.